The normalized spacial score (nSPS) is 12.5. The van der Waals surface area contributed by atoms with E-state index in [1.54, 1.807) is 25.1 Å². The number of anilines is 2. The molecule has 1 amide bonds. The van der Waals surface area contributed by atoms with Crippen molar-refractivity contribution in [2.24, 2.45) is 0 Å². The molecule has 0 saturated carbocycles. The number of carbonyl (C=O) groups is 1. The van der Waals surface area contributed by atoms with Crippen LogP contribution in [0.25, 0.3) is 0 Å². The molecule has 0 aliphatic heterocycles. The number of hydrogen-bond donors (Lipinski definition) is 1. The van der Waals surface area contributed by atoms with Crippen LogP contribution in [0.3, 0.4) is 0 Å². The second kappa shape index (κ2) is 7.91. The molecule has 0 radical (unpaired) electrons. The third-order valence-corrected chi connectivity index (χ3v) is 5.57. The predicted molar refractivity (Wildman–Crippen MR) is 107 cm³/mol. The summed E-state index contributed by atoms with van der Waals surface area (Å²) in [5.74, 6) is -0.360. The monoisotopic (exact) mass is 374 g/mol. The summed E-state index contributed by atoms with van der Waals surface area (Å²) >= 11 is 0. The third kappa shape index (κ3) is 4.43. The third-order valence-electron chi connectivity index (χ3n) is 4.33. The molecular formula is C20H26N2O3S. The van der Waals surface area contributed by atoms with E-state index in [2.05, 4.69) is 5.32 Å². The molecule has 0 fully saturated rings. The van der Waals surface area contributed by atoms with Gasteiger partial charge in [-0.05, 0) is 56.0 Å². The lowest BCUT2D eigenvalue weighted by Crippen LogP contribution is -2.45. The van der Waals surface area contributed by atoms with Gasteiger partial charge >= 0.3 is 0 Å². The fraction of sp³-hybridized carbons (Fsp3) is 0.350. The van der Waals surface area contributed by atoms with Crippen molar-refractivity contribution in [1.29, 1.82) is 0 Å². The smallest absolute Gasteiger partial charge is 0.248 e. The number of benzene rings is 2. The molecule has 6 heteroatoms. The maximum Gasteiger partial charge on any atom is 0.248 e. The molecule has 0 aromatic heterocycles. The Morgan fingerprint density at radius 1 is 1.15 bits per heavy atom. The van der Waals surface area contributed by atoms with Gasteiger partial charge in [0.2, 0.25) is 15.9 Å². The van der Waals surface area contributed by atoms with Crippen molar-refractivity contribution in [2.75, 3.05) is 15.9 Å². The van der Waals surface area contributed by atoms with E-state index < -0.39 is 16.1 Å². The molecule has 2 aromatic carbocycles. The van der Waals surface area contributed by atoms with Gasteiger partial charge in [-0.1, -0.05) is 37.3 Å². The van der Waals surface area contributed by atoms with Crippen LogP contribution in [0.2, 0.25) is 0 Å². The van der Waals surface area contributed by atoms with Gasteiger partial charge in [-0.2, -0.15) is 0 Å². The Labute approximate surface area is 156 Å². The molecule has 1 N–H and O–H groups in total. The zero-order chi connectivity index (χ0) is 19.5. The predicted octanol–water partition coefficient (Wildman–Crippen LogP) is 3.66. The lowest BCUT2D eigenvalue weighted by molar-refractivity contribution is -0.116. The van der Waals surface area contributed by atoms with Gasteiger partial charge in [0, 0.05) is 5.69 Å². The van der Waals surface area contributed by atoms with Gasteiger partial charge in [-0.25, -0.2) is 8.42 Å². The summed E-state index contributed by atoms with van der Waals surface area (Å²) in [4.78, 5) is 12.9. The molecule has 26 heavy (non-hydrogen) atoms. The SMILES string of the molecule is CCc1cccc(C)c1NC(=O)[C@H](C)N(c1cccc(C)c1)S(C)(=O)=O. The molecule has 2 aromatic rings. The molecule has 0 aliphatic carbocycles. The van der Waals surface area contributed by atoms with E-state index in [4.69, 9.17) is 0 Å². The van der Waals surface area contributed by atoms with Gasteiger partial charge in [-0.3, -0.25) is 9.10 Å². The number of para-hydroxylation sites is 1. The fourth-order valence-electron chi connectivity index (χ4n) is 3.00. The molecule has 0 saturated heterocycles. The molecule has 2 rings (SSSR count). The van der Waals surface area contributed by atoms with Crippen molar-refractivity contribution in [2.45, 2.75) is 40.2 Å². The van der Waals surface area contributed by atoms with Crippen molar-refractivity contribution in [3.05, 3.63) is 59.2 Å². The van der Waals surface area contributed by atoms with E-state index in [-0.39, 0.29) is 5.91 Å². The second-order valence-corrected chi connectivity index (χ2v) is 8.39. The van der Waals surface area contributed by atoms with Gasteiger partial charge in [0.1, 0.15) is 6.04 Å². The summed E-state index contributed by atoms with van der Waals surface area (Å²) in [6.07, 6.45) is 1.89. The van der Waals surface area contributed by atoms with Crippen LogP contribution in [-0.4, -0.2) is 26.6 Å². The van der Waals surface area contributed by atoms with Crippen LogP contribution in [0.15, 0.2) is 42.5 Å². The standard InChI is InChI=1S/C20H26N2O3S/c1-6-17-11-8-10-15(3)19(17)21-20(23)16(4)22(26(5,24)25)18-12-7-9-14(2)13-18/h7-13,16H,6H2,1-5H3,(H,21,23)/t16-/m0/s1. The number of carbonyl (C=O) groups excluding carboxylic acids is 1. The maximum atomic E-state index is 12.9. The number of hydrogen-bond acceptors (Lipinski definition) is 3. The largest absolute Gasteiger partial charge is 0.324 e. The summed E-state index contributed by atoms with van der Waals surface area (Å²) in [5, 5.41) is 2.92. The molecule has 0 heterocycles. The zero-order valence-corrected chi connectivity index (χ0v) is 16.7. The number of aryl methyl sites for hydroxylation is 3. The fourth-order valence-corrected chi connectivity index (χ4v) is 4.17. The topological polar surface area (TPSA) is 66.5 Å². The van der Waals surface area contributed by atoms with E-state index >= 15 is 0 Å². The van der Waals surface area contributed by atoms with Crippen LogP contribution in [-0.2, 0) is 21.2 Å². The molecule has 0 bridgehead atoms. The highest BCUT2D eigenvalue weighted by Crippen LogP contribution is 2.25. The lowest BCUT2D eigenvalue weighted by Gasteiger charge is -2.29. The summed E-state index contributed by atoms with van der Waals surface area (Å²) in [6.45, 7) is 7.43. The molecule has 0 aliphatic rings. The van der Waals surface area contributed by atoms with Gasteiger partial charge in [0.25, 0.3) is 0 Å². The van der Waals surface area contributed by atoms with Crippen molar-refractivity contribution in [3.63, 3.8) is 0 Å². The quantitative estimate of drug-likeness (QED) is 0.839. The highest BCUT2D eigenvalue weighted by atomic mass is 32.2. The van der Waals surface area contributed by atoms with Gasteiger partial charge in [0.05, 0.1) is 11.9 Å². The zero-order valence-electron chi connectivity index (χ0n) is 15.9. The summed E-state index contributed by atoms with van der Waals surface area (Å²) in [6, 6.07) is 12.1. The number of sulfonamides is 1. The first-order valence-corrected chi connectivity index (χ1v) is 10.5. The number of nitrogens with one attached hydrogen (secondary N) is 1. The van der Waals surface area contributed by atoms with Crippen LogP contribution >= 0.6 is 0 Å². The second-order valence-electron chi connectivity index (χ2n) is 6.53. The van der Waals surface area contributed by atoms with Crippen LogP contribution in [0.5, 0.6) is 0 Å². The molecule has 140 valence electrons. The van der Waals surface area contributed by atoms with E-state index in [0.29, 0.717) is 5.69 Å². The number of amides is 1. The Bertz CT molecular complexity index is 907. The molecular weight excluding hydrogens is 348 g/mol. The Morgan fingerprint density at radius 3 is 2.38 bits per heavy atom. The average molecular weight is 375 g/mol. The van der Waals surface area contributed by atoms with Crippen molar-refractivity contribution >= 4 is 27.3 Å². The Kier molecular flexibility index (Phi) is 6.08. The minimum atomic E-state index is -3.62. The highest BCUT2D eigenvalue weighted by molar-refractivity contribution is 7.92. The first kappa shape index (κ1) is 20.0. The van der Waals surface area contributed by atoms with E-state index in [0.717, 1.165) is 35.1 Å². The van der Waals surface area contributed by atoms with Gasteiger partial charge in [-0.15, -0.1) is 0 Å². The molecule has 5 nitrogen and oxygen atoms in total. The maximum absolute atomic E-state index is 12.9. The average Bonchev–Trinajstić information content (AvgIpc) is 2.55. The van der Waals surface area contributed by atoms with Crippen molar-refractivity contribution < 1.29 is 13.2 Å². The van der Waals surface area contributed by atoms with Crippen LogP contribution in [0, 0.1) is 13.8 Å². The van der Waals surface area contributed by atoms with Gasteiger partial charge < -0.3 is 5.32 Å². The summed E-state index contributed by atoms with van der Waals surface area (Å²) < 4.78 is 25.9. The Balaban J connectivity index is 2.38. The summed E-state index contributed by atoms with van der Waals surface area (Å²) in [7, 11) is -3.62. The first-order chi connectivity index (χ1) is 12.1. The van der Waals surface area contributed by atoms with Gasteiger partial charge in [0.15, 0.2) is 0 Å². The lowest BCUT2D eigenvalue weighted by atomic mass is 10.1. The van der Waals surface area contributed by atoms with Crippen molar-refractivity contribution in [1.82, 2.24) is 0 Å². The molecule has 0 unspecified atom stereocenters. The van der Waals surface area contributed by atoms with E-state index in [9.17, 15) is 13.2 Å². The van der Waals surface area contributed by atoms with Crippen LogP contribution in [0.4, 0.5) is 11.4 Å². The first-order valence-electron chi connectivity index (χ1n) is 8.60. The summed E-state index contributed by atoms with van der Waals surface area (Å²) in [5.41, 5.74) is 4.13. The minimum absolute atomic E-state index is 0.360. The van der Waals surface area contributed by atoms with E-state index in [1.807, 2.05) is 45.0 Å². The Morgan fingerprint density at radius 2 is 1.81 bits per heavy atom. The molecule has 1 atom stereocenters. The van der Waals surface area contributed by atoms with Crippen molar-refractivity contribution in [3.8, 4) is 0 Å². The Hall–Kier alpha value is -2.34. The van der Waals surface area contributed by atoms with Crippen LogP contribution < -0.4 is 9.62 Å². The van der Waals surface area contributed by atoms with Crippen LogP contribution in [0.1, 0.15) is 30.5 Å². The highest BCUT2D eigenvalue weighted by Gasteiger charge is 2.29. The number of rotatable bonds is 6. The number of nitrogens with zero attached hydrogens (tertiary/aromatic N) is 1. The van der Waals surface area contributed by atoms with E-state index in [1.165, 1.54) is 4.31 Å². The molecule has 0 spiro atoms. The minimum Gasteiger partial charge on any atom is -0.324 e.